The molecule has 0 spiro atoms. The van der Waals surface area contributed by atoms with Crippen LogP contribution in [0.3, 0.4) is 0 Å². The molecule has 1 heteroatoms. The Morgan fingerprint density at radius 2 is 1.33 bits per heavy atom. The average molecular weight is 168 g/mol. The normalized spacial score (nSPS) is 38.0. The minimum atomic E-state index is 1.01. The van der Waals surface area contributed by atoms with Crippen LogP contribution < -0.4 is 0 Å². The molecule has 0 aromatic heterocycles. The van der Waals surface area contributed by atoms with Crippen LogP contribution in [-0.2, 0) is 4.74 Å². The van der Waals surface area contributed by atoms with Crippen LogP contribution in [0.2, 0.25) is 0 Å². The number of ether oxygens (including phenoxy) is 1. The third-order valence-corrected chi connectivity index (χ3v) is 3.55. The second kappa shape index (κ2) is 4.27. The van der Waals surface area contributed by atoms with Gasteiger partial charge in [0.25, 0.3) is 0 Å². The Kier molecular flexibility index (Phi) is 3.04. The van der Waals surface area contributed by atoms with Crippen molar-refractivity contribution in [1.29, 1.82) is 0 Å². The van der Waals surface area contributed by atoms with Crippen LogP contribution in [0.1, 0.15) is 44.9 Å². The van der Waals surface area contributed by atoms with E-state index in [2.05, 4.69) is 0 Å². The molecule has 2 aliphatic rings. The van der Waals surface area contributed by atoms with E-state index in [4.69, 9.17) is 4.74 Å². The zero-order valence-electron chi connectivity index (χ0n) is 7.93. The second-order valence-electron chi connectivity index (χ2n) is 4.35. The van der Waals surface area contributed by atoms with Crippen molar-refractivity contribution in [1.82, 2.24) is 0 Å². The van der Waals surface area contributed by atoms with Crippen LogP contribution in [0.15, 0.2) is 0 Å². The van der Waals surface area contributed by atoms with Gasteiger partial charge in [-0.2, -0.15) is 0 Å². The van der Waals surface area contributed by atoms with E-state index in [1.807, 2.05) is 0 Å². The molecule has 0 bridgehead atoms. The summed E-state index contributed by atoms with van der Waals surface area (Å²) in [6.07, 6.45) is 9.94. The summed E-state index contributed by atoms with van der Waals surface area (Å²) >= 11 is 0. The van der Waals surface area contributed by atoms with Gasteiger partial charge in [-0.05, 0) is 43.9 Å². The highest BCUT2D eigenvalue weighted by molar-refractivity contribution is 4.80. The van der Waals surface area contributed by atoms with Crippen molar-refractivity contribution in [3.8, 4) is 0 Å². The molecule has 2 rings (SSSR count). The van der Waals surface area contributed by atoms with Gasteiger partial charge in [-0.15, -0.1) is 0 Å². The summed E-state index contributed by atoms with van der Waals surface area (Å²) in [4.78, 5) is 0. The van der Waals surface area contributed by atoms with E-state index in [1.54, 1.807) is 0 Å². The molecule has 12 heavy (non-hydrogen) atoms. The molecule has 70 valence electrons. The van der Waals surface area contributed by atoms with Crippen LogP contribution >= 0.6 is 0 Å². The smallest absolute Gasteiger partial charge is 0.0466 e. The maximum Gasteiger partial charge on any atom is 0.0466 e. The second-order valence-corrected chi connectivity index (χ2v) is 4.35. The quantitative estimate of drug-likeness (QED) is 0.540. The largest absolute Gasteiger partial charge is 0.381 e. The van der Waals surface area contributed by atoms with Crippen molar-refractivity contribution in [3.63, 3.8) is 0 Å². The Morgan fingerprint density at radius 3 is 2.08 bits per heavy atom. The molecule has 1 heterocycles. The van der Waals surface area contributed by atoms with Gasteiger partial charge in [-0.3, -0.25) is 0 Å². The predicted molar refractivity (Wildman–Crippen MR) is 50.1 cm³/mol. The number of rotatable bonds is 0. The van der Waals surface area contributed by atoms with Gasteiger partial charge in [0.1, 0.15) is 0 Å². The summed E-state index contributed by atoms with van der Waals surface area (Å²) in [5, 5.41) is 0. The Balaban J connectivity index is 1.76. The van der Waals surface area contributed by atoms with Gasteiger partial charge in [0, 0.05) is 13.2 Å². The third kappa shape index (κ3) is 2.01. The zero-order chi connectivity index (χ0) is 8.23. The SMILES string of the molecule is C1CCC2CCC2CCCOC1. The average Bonchev–Trinajstić information content (AvgIpc) is 2.05. The van der Waals surface area contributed by atoms with E-state index >= 15 is 0 Å². The van der Waals surface area contributed by atoms with Crippen molar-refractivity contribution < 1.29 is 4.74 Å². The molecule has 1 nitrogen and oxygen atoms in total. The summed E-state index contributed by atoms with van der Waals surface area (Å²) in [6.45, 7) is 2.03. The van der Waals surface area contributed by atoms with Gasteiger partial charge >= 0.3 is 0 Å². The summed E-state index contributed by atoms with van der Waals surface area (Å²) in [5.74, 6) is 2.18. The van der Waals surface area contributed by atoms with Crippen LogP contribution in [0.5, 0.6) is 0 Å². The van der Waals surface area contributed by atoms with E-state index in [-0.39, 0.29) is 0 Å². The molecule has 2 atom stereocenters. The van der Waals surface area contributed by atoms with Crippen molar-refractivity contribution in [3.05, 3.63) is 0 Å². The van der Waals surface area contributed by atoms with Gasteiger partial charge in [0.2, 0.25) is 0 Å². The van der Waals surface area contributed by atoms with Crippen LogP contribution in [0.25, 0.3) is 0 Å². The molecule has 1 saturated carbocycles. The molecular weight excluding hydrogens is 148 g/mol. The highest BCUT2D eigenvalue weighted by Crippen LogP contribution is 2.40. The van der Waals surface area contributed by atoms with Crippen LogP contribution in [-0.4, -0.2) is 13.2 Å². The minimum Gasteiger partial charge on any atom is -0.381 e. The molecule has 2 unspecified atom stereocenters. The van der Waals surface area contributed by atoms with E-state index in [9.17, 15) is 0 Å². The maximum atomic E-state index is 5.52. The van der Waals surface area contributed by atoms with Crippen LogP contribution in [0, 0.1) is 11.8 Å². The molecule has 2 fully saturated rings. The van der Waals surface area contributed by atoms with Crippen molar-refractivity contribution in [2.75, 3.05) is 13.2 Å². The van der Waals surface area contributed by atoms with E-state index < -0.39 is 0 Å². The molecule has 0 amide bonds. The third-order valence-electron chi connectivity index (χ3n) is 3.55. The number of hydrogen-bond acceptors (Lipinski definition) is 1. The molecule has 1 aliphatic carbocycles. The molecule has 0 radical (unpaired) electrons. The Hall–Kier alpha value is -0.0400. The van der Waals surface area contributed by atoms with Gasteiger partial charge < -0.3 is 4.74 Å². The van der Waals surface area contributed by atoms with Gasteiger partial charge in [-0.25, -0.2) is 0 Å². The predicted octanol–water partition coefficient (Wildman–Crippen LogP) is 2.99. The van der Waals surface area contributed by atoms with Gasteiger partial charge in [0.15, 0.2) is 0 Å². The lowest BCUT2D eigenvalue weighted by molar-refractivity contribution is 0.0813. The number of fused-ring (bicyclic) bond motifs is 1. The molecule has 1 aliphatic heterocycles. The molecule has 1 saturated heterocycles. The van der Waals surface area contributed by atoms with Gasteiger partial charge in [0.05, 0.1) is 0 Å². The maximum absolute atomic E-state index is 5.52. The summed E-state index contributed by atoms with van der Waals surface area (Å²) in [5.41, 5.74) is 0. The Morgan fingerprint density at radius 1 is 0.667 bits per heavy atom. The monoisotopic (exact) mass is 168 g/mol. The molecule has 0 aromatic rings. The fourth-order valence-electron chi connectivity index (χ4n) is 2.56. The first-order valence-corrected chi connectivity index (χ1v) is 5.54. The lowest BCUT2D eigenvalue weighted by atomic mass is 9.69. The minimum absolute atomic E-state index is 1.01. The first-order valence-electron chi connectivity index (χ1n) is 5.54. The summed E-state index contributed by atoms with van der Waals surface area (Å²) < 4.78 is 5.52. The van der Waals surface area contributed by atoms with Crippen molar-refractivity contribution in [2.24, 2.45) is 11.8 Å². The van der Waals surface area contributed by atoms with Crippen molar-refractivity contribution >= 4 is 0 Å². The molecular formula is C11H20O. The first-order chi connectivity index (χ1) is 5.97. The summed E-state index contributed by atoms with van der Waals surface area (Å²) in [7, 11) is 0. The molecule has 0 N–H and O–H groups in total. The lowest BCUT2D eigenvalue weighted by Gasteiger charge is -2.37. The highest BCUT2D eigenvalue weighted by atomic mass is 16.5. The van der Waals surface area contributed by atoms with Crippen molar-refractivity contribution in [2.45, 2.75) is 44.9 Å². The van der Waals surface area contributed by atoms with Crippen LogP contribution in [0.4, 0.5) is 0 Å². The zero-order valence-corrected chi connectivity index (χ0v) is 7.93. The topological polar surface area (TPSA) is 9.23 Å². The first kappa shape index (κ1) is 8.55. The standard InChI is InChI=1S/C11H20O/c1-2-8-12-9-3-5-11-7-6-10(11)4-1/h10-11H,1-9H2. The van der Waals surface area contributed by atoms with E-state index in [1.165, 1.54) is 44.9 Å². The molecule has 0 aromatic carbocycles. The Bertz CT molecular complexity index is 117. The lowest BCUT2D eigenvalue weighted by Crippen LogP contribution is -2.26. The fraction of sp³-hybridized carbons (Fsp3) is 1.00. The highest BCUT2D eigenvalue weighted by Gasteiger charge is 2.29. The van der Waals surface area contributed by atoms with E-state index in [0.29, 0.717) is 0 Å². The Labute approximate surface area is 75.5 Å². The van der Waals surface area contributed by atoms with Gasteiger partial charge in [-0.1, -0.05) is 12.8 Å². The van der Waals surface area contributed by atoms with E-state index in [0.717, 1.165) is 25.0 Å². The summed E-state index contributed by atoms with van der Waals surface area (Å²) in [6, 6.07) is 0. The number of hydrogen-bond donors (Lipinski definition) is 0. The fourth-order valence-corrected chi connectivity index (χ4v) is 2.56.